The number of carbonyl (C=O) groups is 1. The quantitative estimate of drug-likeness (QED) is 0.647. The van der Waals surface area contributed by atoms with Crippen LogP contribution in [0.4, 0.5) is 15.0 Å². The van der Waals surface area contributed by atoms with Crippen LogP contribution in [0.25, 0.3) is 10.9 Å². The zero-order valence-corrected chi connectivity index (χ0v) is 15.0. The highest BCUT2D eigenvalue weighted by Gasteiger charge is 2.36. The van der Waals surface area contributed by atoms with Crippen molar-refractivity contribution in [1.82, 2.24) is 15.1 Å². The fourth-order valence-corrected chi connectivity index (χ4v) is 3.49. The molecule has 0 saturated carbocycles. The number of aromatic amines is 1. The van der Waals surface area contributed by atoms with Crippen molar-refractivity contribution >= 4 is 22.8 Å². The van der Waals surface area contributed by atoms with Gasteiger partial charge in [-0.15, -0.1) is 0 Å². The van der Waals surface area contributed by atoms with Crippen LogP contribution in [0.5, 0.6) is 0 Å². The number of carbonyl (C=O) groups excluding carboxylic acids is 1. The third-order valence-corrected chi connectivity index (χ3v) is 5.28. The van der Waals surface area contributed by atoms with Gasteiger partial charge in [-0.1, -0.05) is 24.3 Å². The first-order valence-electron chi connectivity index (χ1n) is 8.94. The van der Waals surface area contributed by atoms with E-state index in [-0.39, 0.29) is 11.8 Å². The minimum absolute atomic E-state index is 0.260. The van der Waals surface area contributed by atoms with Crippen molar-refractivity contribution in [2.45, 2.75) is 25.4 Å². The lowest BCUT2D eigenvalue weighted by atomic mass is 9.84. The summed E-state index contributed by atoms with van der Waals surface area (Å²) in [5.41, 5.74) is 0.834. The Hall–Kier alpha value is -2.93. The van der Waals surface area contributed by atoms with E-state index in [9.17, 15) is 14.3 Å². The van der Waals surface area contributed by atoms with Gasteiger partial charge in [0.15, 0.2) is 5.82 Å². The molecule has 0 unspecified atom stereocenters. The third kappa shape index (κ3) is 3.26. The largest absolute Gasteiger partial charge is 0.385 e. The predicted molar refractivity (Wildman–Crippen MR) is 101 cm³/mol. The van der Waals surface area contributed by atoms with E-state index in [0.29, 0.717) is 42.9 Å². The number of nitrogens with one attached hydrogen (secondary N) is 2. The smallest absolute Gasteiger partial charge is 0.323 e. The molecule has 6 nitrogen and oxygen atoms in total. The van der Waals surface area contributed by atoms with Gasteiger partial charge in [0.1, 0.15) is 5.82 Å². The van der Waals surface area contributed by atoms with Gasteiger partial charge in [-0.3, -0.25) is 10.4 Å². The van der Waals surface area contributed by atoms with Gasteiger partial charge in [-0.05, 0) is 49.1 Å². The Kier molecular flexibility index (Phi) is 4.31. The molecule has 2 amide bonds. The summed E-state index contributed by atoms with van der Waals surface area (Å²) in [6.07, 6.45) is 0.703. The summed E-state index contributed by atoms with van der Waals surface area (Å²) in [5, 5.41) is 21.6. The van der Waals surface area contributed by atoms with Crippen molar-refractivity contribution in [1.29, 1.82) is 0 Å². The molecular weight excluding hydrogens is 347 g/mol. The van der Waals surface area contributed by atoms with E-state index in [4.69, 9.17) is 0 Å². The highest BCUT2D eigenvalue weighted by atomic mass is 19.1. The maximum atomic E-state index is 13.9. The Morgan fingerprint density at radius 1 is 1.26 bits per heavy atom. The first-order chi connectivity index (χ1) is 13.0. The van der Waals surface area contributed by atoms with Gasteiger partial charge in [0.25, 0.3) is 0 Å². The lowest BCUT2D eigenvalue weighted by Crippen LogP contribution is -2.46. The standard InChI is InChI=1S/C20H21FN4O2/c1-13-6-7-14(12-16(13)21)20(27)8-10-25(11-9-20)19(26)22-18-15-4-2-3-5-17(15)23-24-18/h2-7,12,27H,8-11H2,1H3,(H2,22,23,24,26). The van der Waals surface area contributed by atoms with E-state index in [1.165, 1.54) is 6.07 Å². The lowest BCUT2D eigenvalue weighted by Gasteiger charge is -2.38. The predicted octanol–water partition coefficient (Wildman–Crippen LogP) is 3.53. The van der Waals surface area contributed by atoms with E-state index in [2.05, 4.69) is 15.5 Å². The first-order valence-corrected chi connectivity index (χ1v) is 8.94. The zero-order valence-electron chi connectivity index (χ0n) is 15.0. The van der Waals surface area contributed by atoms with Crippen molar-refractivity contribution in [2.75, 3.05) is 18.4 Å². The van der Waals surface area contributed by atoms with Gasteiger partial charge in [0, 0.05) is 18.5 Å². The number of halogens is 1. The molecule has 0 spiro atoms. The molecule has 0 aliphatic carbocycles. The number of aryl methyl sites for hydroxylation is 1. The molecule has 1 fully saturated rings. The lowest BCUT2D eigenvalue weighted by molar-refractivity contribution is -0.0159. The molecule has 4 rings (SSSR count). The number of para-hydroxylation sites is 1. The average Bonchev–Trinajstić information content (AvgIpc) is 3.07. The van der Waals surface area contributed by atoms with Crippen LogP contribution < -0.4 is 5.32 Å². The number of aliphatic hydroxyl groups is 1. The maximum Gasteiger partial charge on any atom is 0.323 e. The molecule has 3 N–H and O–H groups in total. The van der Waals surface area contributed by atoms with Crippen LogP contribution in [0.3, 0.4) is 0 Å². The molecule has 0 bridgehead atoms. The molecule has 1 aliphatic rings. The minimum Gasteiger partial charge on any atom is -0.385 e. The van der Waals surface area contributed by atoms with Gasteiger partial charge < -0.3 is 10.0 Å². The summed E-state index contributed by atoms with van der Waals surface area (Å²) < 4.78 is 13.9. The number of piperidine rings is 1. The molecule has 1 saturated heterocycles. The monoisotopic (exact) mass is 368 g/mol. The molecular formula is C20H21FN4O2. The summed E-state index contributed by atoms with van der Waals surface area (Å²) in [4.78, 5) is 14.2. The van der Waals surface area contributed by atoms with Crippen LogP contribution in [0, 0.1) is 12.7 Å². The van der Waals surface area contributed by atoms with Crippen LogP contribution in [-0.4, -0.2) is 39.3 Å². The van der Waals surface area contributed by atoms with Crippen LogP contribution >= 0.6 is 0 Å². The zero-order chi connectivity index (χ0) is 19.0. The number of hydrogen-bond donors (Lipinski definition) is 3. The molecule has 2 heterocycles. The first kappa shape index (κ1) is 17.5. The Bertz CT molecular complexity index is 993. The molecule has 27 heavy (non-hydrogen) atoms. The molecule has 7 heteroatoms. The number of benzene rings is 2. The number of fused-ring (bicyclic) bond motifs is 1. The summed E-state index contributed by atoms with van der Waals surface area (Å²) in [5.74, 6) is 0.156. The van der Waals surface area contributed by atoms with Crippen molar-refractivity contribution in [3.8, 4) is 0 Å². The number of urea groups is 1. The van der Waals surface area contributed by atoms with Gasteiger partial charge in [-0.2, -0.15) is 5.10 Å². The second-order valence-electron chi connectivity index (χ2n) is 7.03. The molecule has 3 aromatic rings. The SMILES string of the molecule is Cc1ccc(C2(O)CCN(C(=O)Nc3n[nH]c4ccccc34)CC2)cc1F. The molecule has 1 aliphatic heterocycles. The summed E-state index contributed by atoms with van der Waals surface area (Å²) in [6, 6.07) is 12.1. The van der Waals surface area contributed by atoms with Crippen LogP contribution in [-0.2, 0) is 5.60 Å². The maximum absolute atomic E-state index is 13.9. The number of hydrogen-bond acceptors (Lipinski definition) is 3. The number of anilines is 1. The van der Waals surface area contributed by atoms with Crippen LogP contribution in [0.2, 0.25) is 0 Å². The van der Waals surface area contributed by atoms with Crippen molar-refractivity contribution in [3.05, 3.63) is 59.4 Å². The van der Waals surface area contributed by atoms with E-state index < -0.39 is 5.60 Å². The van der Waals surface area contributed by atoms with E-state index in [1.54, 1.807) is 24.0 Å². The highest BCUT2D eigenvalue weighted by molar-refractivity contribution is 5.98. The van der Waals surface area contributed by atoms with Crippen LogP contribution in [0.1, 0.15) is 24.0 Å². The van der Waals surface area contributed by atoms with Gasteiger partial charge in [0.2, 0.25) is 0 Å². The molecule has 0 radical (unpaired) electrons. The third-order valence-electron chi connectivity index (χ3n) is 5.28. The number of H-pyrrole nitrogens is 1. The molecule has 140 valence electrons. The Balaban J connectivity index is 1.44. The van der Waals surface area contributed by atoms with Gasteiger partial charge >= 0.3 is 6.03 Å². The number of rotatable bonds is 2. The van der Waals surface area contributed by atoms with Gasteiger partial charge in [-0.25, -0.2) is 9.18 Å². The fraction of sp³-hybridized carbons (Fsp3) is 0.300. The van der Waals surface area contributed by atoms with E-state index >= 15 is 0 Å². The second-order valence-corrected chi connectivity index (χ2v) is 7.03. The topological polar surface area (TPSA) is 81.2 Å². The van der Waals surface area contributed by atoms with Gasteiger partial charge in [0.05, 0.1) is 11.1 Å². The molecule has 2 aromatic carbocycles. The van der Waals surface area contributed by atoms with E-state index in [0.717, 1.165) is 10.9 Å². The number of nitrogens with zero attached hydrogens (tertiary/aromatic N) is 2. The fourth-order valence-electron chi connectivity index (χ4n) is 3.49. The molecule has 0 atom stereocenters. The summed E-state index contributed by atoms with van der Waals surface area (Å²) in [6.45, 7) is 2.44. The number of aromatic nitrogens is 2. The Morgan fingerprint density at radius 3 is 2.74 bits per heavy atom. The van der Waals surface area contributed by atoms with Crippen molar-refractivity contribution in [3.63, 3.8) is 0 Å². The van der Waals surface area contributed by atoms with Crippen molar-refractivity contribution < 1.29 is 14.3 Å². The number of likely N-dealkylation sites (tertiary alicyclic amines) is 1. The highest BCUT2D eigenvalue weighted by Crippen LogP contribution is 2.34. The normalized spacial score (nSPS) is 16.5. The summed E-state index contributed by atoms with van der Waals surface area (Å²) >= 11 is 0. The van der Waals surface area contributed by atoms with Crippen molar-refractivity contribution in [2.24, 2.45) is 0 Å². The minimum atomic E-state index is -1.12. The number of amides is 2. The summed E-state index contributed by atoms with van der Waals surface area (Å²) in [7, 11) is 0. The average molecular weight is 368 g/mol. The second kappa shape index (κ2) is 6.66. The van der Waals surface area contributed by atoms with E-state index in [1.807, 2.05) is 24.3 Å². The molecule has 1 aromatic heterocycles. The Morgan fingerprint density at radius 2 is 2.00 bits per heavy atom. The Labute approximate surface area is 156 Å². The van der Waals surface area contributed by atoms with Crippen LogP contribution in [0.15, 0.2) is 42.5 Å².